The maximum atomic E-state index is 13.7. The Morgan fingerprint density at radius 1 is 1.12 bits per heavy atom. The van der Waals surface area contributed by atoms with Gasteiger partial charge in [-0.05, 0) is 42.5 Å². The van der Waals surface area contributed by atoms with Gasteiger partial charge in [0.25, 0.3) is 0 Å². The van der Waals surface area contributed by atoms with Crippen LogP contribution in [0.25, 0.3) is 0 Å². The normalized spacial score (nSPS) is 15.1. The first kappa shape index (κ1) is 18.5. The summed E-state index contributed by atoms with van der Waals surface area (Å²) in [6, 6.07) is 11.4. The molecule has 138 valence electrons. The number of phenols is 1. The van der Waals surface area contributed by atoms with Crippen LogP contribution >= 0.6 is 11.6 Å². The van der Waals surface area contributed by atoms with Gasteiger partial charge in [0, 0.05) is 49.9 Å². The molecule has 1 aliphatic rings. The van der Waals surface area contributed by atoms with Gasteiger partial charge in [0.05, 0.1) is 5.69 Å². The summed E-state index contributed by atoms with van der Waals surface area (Å²) in [5, 5.41) is 12.2. The van der Waals surface area contributed by atoms with Gasteiger partial charge in [0.15, 0.2) is 0 Å². The molecule has 5 nitrogen and oxygen atoms in total. The van der Waals surface area contributed by atoms with E-state index in [0.29, 0.717) is 18.0 Å². The number of benzene rings is 2. The standard InChI is InChI=1S/C19H21ClFN3O2/c20-14-1-6-18(17(21)13-14)22-19(26)7-8-23-9-11-24(12-10-23)15-2-4-16(25)5-3-15/h1-6,13,25H,7-12H2,(H,22,26). The molecule has 0 unspecified atom stereocenters. The van der Waals surface area contributed by atoms with E-state index < -0.39 is 5.82 Å². The first-order chi connectivity index (χ1) is 12.5. The van der Waals surface area contributed by atoms with Gasteiger partial charge in [0.1, 0.15) is 11.6 Å². The van der Waals surface area contributed by atoms with Crippen molar-refractivity contribution in [3.05, 3.63) is 53.3 Å². The van der Waals surface area contributed by atoms with Crippen LogP contribution in [0.5, 0.6) is 5.75 Å². The van der Waals surface area contributed by atoms with E-state index in [1.165, 1.54) is 12.1 Å². The fourth-order valence-electron chi connectivity index (χ4n) is 2.96. The topological polar surface area (TPSA) is 55.8 Å². The number of rotatable bonds is 5. The van der Waals surface area contributed by atoms with Crippen molar-refractivity contribution in [2.24, 2.45) is 0 Å². The molecule has 3 rings (SSSR count). The van der Waals surface area contributed by atoms with Crippen LogP contribution in [-0.4, -0.2) is 48.6 Å². The Kier molecular flexibility index (Phi) is 5.96. The number of nitrogens with one attached hydrogen (secondary N) is 1. The van der Waals surface area contributed by atoms with Gasteiger partial charge in [0.2, 0.25) is 5.91 Å². The number of nitrogens with zero attached hydrogens (tertiary/aromatic N) is 2. The third-order valence-corrected chi connectivity index (χ3v) is 4.68. The lowest BCUT2D eigenvalue weighted by Gasteiger charge is -2.36. The number of carbonyl (C=O) groups is 1. The molecule has 2 aromatic carbocycles. The van der Waals surface area contributed by atoms with E-state index in [1.54, 1.807) is 18.2 Å². The number of aromatic hydroxyl groups is 1. The Labute approximate surface area is 157 Å². The molecule has 0 bridgehead atoms. The minimum absolute atomic E-state index is 0.150. The van der Waals surface area contributed by atoms with Crippen molar-refractivity contribution in [3.8, 4) is 5.75 Å². The van der Waals surface area contributed by atoms with Gasteiger partial charge in [-0.25, -0.2) is 4.39 Å². The van der Waals surface area contributed by atoms with Gasteiger partial charge in [-0.3, -0.25) is 9.69 Å². The Bertz CT molecular complexity index is 762. The highest BCUT2D eigenvalue weighted by Crippen LogP contribution is 2.21. The number of anilines is 2. The lowest BCUT2D eigenvalue weighted by molar-refractivity contribution is -0.116. The second-order valence-electron chi connectivity index (χ2n) is 6.27. The summed E-state index contributed by atoms with van der Waals surface area (Å²) >= 11 is 5.70. The molecule has 2 N–H and O–H groups in total. The fraction of sp³-hybridized carbons (Fsp3) is 0.316. The second kappa shape index (κ2) is 8.38. The Hall–Kier alpha value is -2.31. The quantitative estimate of drug-likeness (QED) is 0.839. The van der Waals surface area contributed by atoms with E-state index in [4.69, 9.17) is 11.6 Å². The van der Waals surface area contributed by atoms with Gasteiger partial charge >= 0.3 is 0 Å². The van der Waals surface area contributed by atoms with E-state index in [9.17, 15) is 14.3 Å². The summed E-state index contributed by atoms with van der Waals surface area (Å²) in [6.45, 7) is 4.05. The Morgan fingerprint density at radius 3 is 2.46 bits per heavy atom. The average molecular weight is 378 g/mol. The van der Waals surface area contributed by atoms with Gasteiger partial charge in [-0.1, -0.05) is 11.6 Å². The zero-order valence-electron chi connectivity index (χ0n) is 14.3. The first-order valence-corrected chi connectivity index (χ1v) is 8.90. The minimum Gasteiger partial charge on any atom is -0.508 e. The van der Waals surface area contributed by atoms with Crippen molar-refractivity contribution in [3.63, 3.8) is 0 Å². The molecule has 26 heavy (non-hydrogen) atoms. The van der Waals surface area contributed by atoms with Crippen molar-refractivity contribution >= 4 is 28.9 Å². The molecular formula is C19H21ClFN3O2. The predicted octanol–water partition coefficient (Wildman–Crippen LogP) is 3.34. The van der Waals surface area contributed by atoms with Crippen LogP contribution in [0.1, 0.15) is 6.42 Å². The SMILES string of the molecule is O=C(CCN1CCN(c2ccc(O)cc2)CC1)Nc1ccc(Cl)cc1F. The zero-order chi connectivity index (χ0) is 18.5. The molecule has 0 aliphatic carbocycles. The molecule has 1 aliphatic heterocycles. The molecule has 7 heteroatoms. The van der Waals surface area contributed by atoms with Crippen molar-refractivity contribution in [1.82, 2.24) is 4.90 Å². The largest absolute Gasteiger partial charge is 0.508 e. The number of amides is 1. The van der Waals surface area contributed by atoms with Crippen LogP contribution in [0.15, 0.2) is 42.5 Å². The van der Waals surface area contributed by atoms with Crippen molar-refractivity contribution < 1.29 is 14.3 Å². The van der Waals surface area contributed by atoms with Crippen molar-refractivity contribution in [1.29, 1.82) is 0 Å². The Balaban J connectivity index is 1.43. The molecule has 0 atom stereocenters. The van der Waals surface area contributed by atoms with E-state index in [1.807, 2.05) is 12.1 Å². The molecule has 2 aromatic rings. The van der Waals surface area contributed by atoms with Crippen LogP contribution < -0.4 is 10.2 Å². The van der Waals surface area contributed by atoms with Gasteiger partial charge in [-0.15, -0.1) is 0 Å². The van der Waals surface area contributed by atoms with E-state index in [0.717, 1.165) is 31.9 Å². The van der Waals surface area contributed by atoms with E-state index >= 15 is 0 Å². The maximum absolute atomic E-state index is 13.7. The van der Waals surface area contributed by atoms with Crippen LogP contribution in [0.3, 0.4) is 0 Å². The number of phenolic OH excluding ortho intramolecular Hbond substituents is 1. The van der Waals surface area contributed by atoms with Crippen LogP contribution in [-0.2, 0) is 4.79 Å². The summed E-state index contributed by atoms with van der Waals surface area (Å²) in [6.07, 6.45) is 0.307. The zero-order valence-corrected chi connectivity index (χ0v) is 15.0. The lowest BCUT2D eigenvalue weighted by atomic mass is 10.2. The summed E-state index contributed by atoms with van der Waals surface area (Å²) in [4.78, 5) is 16.5. The minimum atomic E-state index is -0.534. The third-order valence-electron chi connectivity index (χ3n) is 4.45. The van der Waals surface area contributed by atoms with Crippen molar-refractivity contribution in [2.75, 3.05) is 42.9 Å². The molecule has 0 spiro atoms. The summed E-state index contributed by atoms with van der Waals surface area (Å²) < 4.78 is 13.7. The molecular weight excluding hydrogens is 357 g/mol. The smallest absolute Gasteiger partial charge is 0.225 e. The average Bonchev–Trinajstić information content (AvgIpc) is 2.63. The predicted molar refractivity (Wildman–Crippen MR) is 101 cm³/mol. The van der Waals surface area contributed by atoms with Crippen LogP contribution in [0.2, 0.25) is 5.02 Å². The van der Waals surface area contributed by atoms with E-state index in [2.05, 4.69) is 15.1 Å². The molecule has 1 fully saturated rings. The summed E-state index contributed by atoms with van der Waals surface area (Å²) in [7, 11) is 0. The van der Waals surface area contributed by atoms with E-state index in [-0.39, 0.29) is 17.3 Å². The molecule has 0 aromatic heterocycles. The number of piperazine rings is 1. The summed E-state index contributed by atoms with van der Waals surface area (Å²) in [5.74, 6) is -0.490. The monoisotopic (exact) mass is 377 g/mol. The highest BCUT2D eigenvalue weighted by Gasteiger charge is 2.18. The highest BCUT2D eigenvalue weighted by molar-refractivity contribution is 6.30. The number of hydrogen-bond acceptors (Lipinski definition) is 4. The molecule has 0 radical (unpaired) electrons. The van der Waals surface area contributed by atoms with Crippen LogP contribution in [0.4, 0.5) is 15.8 Å². The van der Waals surface area contributed by atoms with Gasteiger partial charge < -0.3 is 15.3 Å². The number of halogens is 2. The molecule has 1 saturated heterocycles. The number of hydrogen-bond donors (Lipinski definition) is 2. The molecule has 1 amide bonds. The molecule has 0 saturated carbocycles. The summed E-state index contributed by atoms with van der Waals surface area (Å²) in [5.41, 5.74) is 1.23. The lowest BCUT2D eigenvalue weighted by Crippen LogP contribution is -2.47. The fourth-order valence-corrected chi connectivity index (χ4v) is 3.12. The molecule has 1 heterocycles. The van der Waals surface area contributed by atoms with Crippen molar-refractivity contribution in [2.45, 2.75) is 6.42 Å². The van der Waals surface area contributed by atoms with Crippen LogP contribution in [0, 0.1) is 5.82 Å². The Morgan fingerprint density at radius 2 is 1.81 bits per heavy atom. The highest BCUT2D eigenvalue weighted by atomic mass is 35.5. The first-order valence-electron chi connectivity index (χ1n) is 8.52. The van der Waals surface area contributed by atoms with Gasteiger partial charge in [-0.2, -0.15) is 0 Å². The second-order valence-corrected chi connectivity index (χ2v) is 6.70. The number of carbonyl (C=O) groups excluding carboxylic acids is 1. The maximum Gasteiger partial charge on any atom is 0.225 e. The third kappa shape index (κ3) is 4.86.